The summed E-state index contributed by atoms with van der Waals surface area (Å²) in [6, 6.07) is 8.17. The topological polar surface area (TPSA) is 103 Å². The zero-order valence-electron chi connectivity index (χ0n) is 12.1. The van der Waals surface area contributed by atoms with Gasteiger partial charge >= 0.3 is 0 Å². The fourth-order valence-electron chi connectivity index (χ4n) is 2.50. The van der Waals surface area contributed by atoms with Crippen molar-refractivity contribution in [3.05, 3.63) is 42.2 Å². The molecule has 22 heavy (non-hydrogen) atoms. The number of likely N-dealkylation sites (tertiary alicyclic amines) is 1. The fraction of sp³-hybridized carbons (Fsp3) is 0.385. The van der Waals surface area contributed by atoms with Gasteiger partial charge in [-0.3, -0.25) is 5.43 Å². The van der Waals surface area contributed by atoms with Crippen LogP contribution in [0.2, 0.25) is 0 Å². The summed E-state index contributed by atoms with van der Waals surface area (Å²) in [6.07, 6.45) is 3.60. The zero-order valence-corrected chi connectivity index (χ0v) is 12.9. The highest BCUT2D eigenvalue weighted by Crippen LogP contribution is 2.15. The van der Waals surface area contributed by atoms with Gasteiger partial charge in [-0.2, -0.15) is 0 Å². The first kappa shape index (κ1) is 15.3. The van der Waals surface area contributed by atoms with E-state index in [1.807, 2.05) is 6.08 Å². The molecule has 5 N–H and O–H groups in total. The molecule has 2 heterocycles. The van der Waals surface area contributed by atoms with Gasteiger partial charge in [-0.25, -0.2) is 13.8 Å². The molecule has 1 aromatic carbocycles. The quantitative estimate of drug-likeness (QED) is 0.588. The molecule has 2 aliphatic heterocycles. The summed E-state index contributed by atoms with van der Waals surface area (Å²) in [5.74, 6) is 0.805. The first-order valence-corrected chi connectivity index (χ1v) is 8.66. The summed E-state index contributed by atoms with van der Waals surface area (Å²) < 4.78 is 24.7. The van der Waals surface area contributed by atoms with Crippen LogP contribution in [0.15, 0.2) is 47.1 Å². The van der Waals surface area contributed by atoms with Gasteiger partial charge in [0.15, 0.2) is 0 Å². The average molecular weight is 324 g/mol. The van der Waals surface area contributed by atoms with Gasteiger partial charge in [0, 0.05) is 13.1 Å². The largest absolute Gasteiger partial charge is 0.358 e. The number of hydrogen-bond acceptors (Lipinski definition) is 7. The van der Waals surface area contributed by atoms with Crippen LogP contribution in [0.5, 0.6) is 0 Å². The molecular formula is C13H20N6O2S. The van der Waals surface area contributed by atoms with Crippen molar-refractivity contribution in [2.75, 3.05) is 13.1 Å². The van der Waals surface area contributed by atoms with Crippen molar-refractivity contribution in [1.82, 2.24) is 25.8 Å². The molecule has 3 rings (SSSR count). The van der Waals surface area contributed by atoms with Crippen molar-refractivity contribution in [3.63, 3.8) is 0 Å². The second-order valence-electron chi connectivity index (χ2n) is 5.26. The number of hydrogen-bond donors (Lipinski definition) is 4. The maximum absolute atomic E-state index is 12.3. The molecule has 8 nitrogen and oxygen atoms in total. The number of hydrazine groups is 3. The molecule has 0 amide bonds. The Bertz CT molecular complexity index is 642. The summed E-state index contributed by atoms with van der Waals surface area (Å²) in [5.41, 5.74) is 11.7. The Morgan fingerprint density at radius 3 is 2.55 bits per heavy atom. The third-order valence-electron chi connectivity index (χ3n) is 3.55. The van der Waals surface area contributed by atoms with E-state index in [1.165, 1.54) is 17.4 Å². The first-order valence-electron chi connectivity index (χ1n) is 7.17. The SMILES string of the molecule is NC1C=C(N2CCCC2)NN(NS(=O)(=O)c2ccccc2)N1. The molecule has 2 aliphatic rings. The predicted octanol–water partition coefficient (Wildman–Crippen LogP) is -0.573. The van der Waals surface area contributed by atoms with E-state index < -0.39 is 16.2 Å². The van der Waals surface area contributed by atoms with E-state index in [4.69, 9.17) is 5.73 Å². The van der Waals surface area contributed by atoms with Crippen LogP contribution in [0.1, 0.15) is 12.8 Å². The van der Waals surface area contributed by atoms with Gasteiger partial charge in [0.2, 0.25) is 0 Å². The lowest BCUT2D eigenvalue weighted by molar-refractivity contribution is 0.0587. The maximum Gasteiger partial charge on any atom is 0.256 e. The lowest BCUT2D eigenvalue weighted by Crippen LogP contribution is -2.65. The minimum atomic E-state index is -3.68. The van der Waals surface area contributed by atoms with Gasteiger partial charge in [-0.1, -0.05) is 23.4 Å². The Kier molecular flexibility index (Phi) is 4.32. The normalized spacial score (nSPS) is 23.2. The van der Waals surface area contributed by atoms with E-state index in [0.717, 1.165) is 31.8 Å². The fourth-order valence-corrected chi connectivity index (χ4v) is 3.46. The molecule has 9 heteroatoms. The van der Waals surface area contributed by atoms with E-state index in [-0.39, 0.29) is 4.90 Å². The number of nitrogens with zero attached hydrogens (tertiary/aromatic N) is 2. The van der Waals surface area contributed by atoms with Crippen molar-refractivity contribution in [1.29, 1.82) is 0 Å². The molecular weight excluding hydrogens is 304 g/mol. The number of rotatable bonds is 4. The minimum Gasteiger partial charge on any atom is -0.358 e. The Hall–Kier alpha value is -1.65. The van der Waals surface area contributed by atoms with Crippen molar-refractivity contribution in [2.24, 2.45) is 5.73 Å². The highest BCUT2D eigenvalue weighted by molar-refractivity contribution is 7.89. The molecule has 0 saturated carbocycles. The van der Waals surface area contributed by atoms with Crippen LogP contribution in [0.25, 0.3) is 0 Å². The van der Waals surface area contributed by atoms with Gasteiger partial charge in [0.1, 0.15) is 5.82 Å². The van der Waals surface area contributed by atoms with Crippen LogP contribution in [0, 0.1) is 0 Å². The molecule has 0 aliphatic carbocycles. The summed E-state index contributed by atoms with van der Waals surface area (Å²) in [5, 5.41) is 1.20. The monoisotopic (exact) mass is 324 g/mol. The first-order chi connectivity index (χ1) is 10.5. The molecule has 0 spiro atoms. The van der Waals surface area contributed by atoms with Crippen molar-refractivity contribution >= 4 is 10.0 Å². The summed E-state index contributed by atoms with van der Waals surface area (Å²) in [7, 11) is -3.68. The van der Waals surface area contributed by atoms with Crippen LogP contribution in [-0.4, -0.2) is 37.8 Å². The number of nitrogens with two attached hydrogens (primary N) is 1. The maximum atomic E-state index is 12.3. The highest BCUT2D eigenvalue weighted by Gasteiger charge is 2.26. The zero-order chi connectivity index (χ0) is 15.6. The smallest absolute Gasteiger partial charge is 0.256 e. The Balaban J connectivity index is 1.72. The Morgan fingerprint density at radius 2 is 1.86 bits per heavy atom. The number of sulfonamides is 1. The standard InChI is InChI=1S/C13H20N6O2S/c14-12-10-13(18-8-4-5-9-18)16-19(15-12)17-22(20,21)11-6-2-1-3-7-11/h1-3,6-7,10,12,15-17H,4-5,8-9,14H2. The highest BCUT2D eigenvalue weighted by atomic mass is 32.2. The number of benzene rings is 1. The van der Waals surface area contributed by atoms with E-state index in [9.17, 15) is 8.42 Å². The van der Waals surface area contributed by atoms with E-state index >= 15 is 0 Å². The van der Waals surface area contributed by atoms with E-state index in [2.05, 4.69) is 20.6 Å². The van der Waals surface area contributed by atoms with Gasteiger partial charge in [0.25, 0.3) is 10.0 Å². The minimum absolute atomic E-state index is 0.185. The van der Waals surface area contributed by atoms with Crippen LogP contribution in [0.4, 0.5) is 0 Å². The van der Waals surface area contributed by atoms with Crippen molar-refractivity contribution in [2.45, 2.75) is 23.9 Å². The Labute approximate surface area is 129 Å². The van der Waals surface area contributed by atoms with Gasteiger partial charge in [-0.15, -0.1) is 4.83 Å². The summed E-state index contributed by atoms with van der Waals surface area (Å²) in [6.45, 7) is 1.87. The van der Waals surface area contributed by atoms with Crippen molar-refractivity contribution in [3.8, 4) is 0 Å². The molecule has 1 saturated heterocycles. The molecule has 120 valence electrons. The molecule has 1 aromatic rings. The third kappa shape index (κ3) is 3.39. The van der Waals surface area contributed by atoms with Crippen LogP contribution < -0.4 is 21.4 Å². The summed E-state index contributed by atoms with van der Waals surface area (Å²) in [4.78, 5) is 4.76. The van der Waals surface area contributed by atoms with Crippen LogP contribution in [-0.2, 0) is 10.0 Å². The second kappa shape index (κ2) is 6.23. The lowest BCUT2D eigenvalue weighted by atomic mass is 10.4. The lowest BCUT2D eigenvalue weighted by Gasteiger charge is -2.35. The predicted molar refractivity (Wildman–Crippen MR) is 81.7 cm³/mol. The van der Waals surface area contributed by atoms with Gasteiger partial charge in [0.05, 0.1) is 11.1 Å². The van der Waals surface area contributed by atoms with Crippen molar-refractivity contribution < 1.29 is 8.42 Å². The second-order valence-corrected chi connectivity index (χ2v) is 6.92. The molecule has 1 fully saturated rings. The molecule has 0 radical (unpaired) electrons. The van der Waals surface area contributed by atoms with Crippen LogP contribution in [0.3, 0.4) is 0 Å². The molecule has 1 unspecified atom stereocenters. The van der Waals surface area contributed by atoms with E-state index in [0.29, 0.717) is 0 Å². The molecule has 1 atom stereocenters. The van der Waals surface area contributed by atoms with Gasteiger partial charge in [-0.05, 0) is 31.1 Å². The summed E-state index contributed by atoms with van der Waals surface area (Å²) >= 11 is 0. The van der Waals surface area contributed by atoms with Crippen LogP contribution >= 0.6 is 0 Å². The Morgan fingerprint density at radius 1 is 1.18 bits per heavy atom. The third-order valence-corrected chi connectivity index (χ3v) is 4.87. The average Bonchev–Trinajstić information content (AvgIpc) is 3.01. The number of nitrogens with one attached hydrogen (secondary N) is 3. The van der Waals surface area contributed by atoms with E-state index in [1.54, 1.807) is 18.2 Å². The molecule has 0 aromatic heterocycles. The van der Waals surface area contributed by atoms with Gasteiger partial charge < -0.3 is 10.6 Å². The molecule has 0 bridgehead atoms.